The number of hydrogen-bond acceptors (Lipinski definition) is 4. The summed E-state index contributed by atoms with van der Waals surface area (Å²) in [7, 11) is 3.49. The van der Waals surface area contributed by atoms with E-state index in [-0.39, 0.29) is 0 Å². The van der Waals surface area contributed by atoms with Gasteiger partial charge in [-0.25, -0.2) is 0 Å². The Morgan fingerprint density at radius 2 is 2.06 bits per heavy atom. The molecule has 0 bridgehead atoms. The van der Waals surface area contributed by atoms with Crippen LogP contribution in [0.2, 0.25) is 0 Å². The van der Waals surface area contributed by atoms with E-state index in [0.29, 0.717) is 11.8 Å². The number of benzene rings is 1. The second-order valence-corrected chi connectivity index (χ2v) is 3.25. The van der Waals surface area contributed by atoms with Gasteiger partial charge < -0.3 is 4.52 Å². The molecular formula is C11H12N4O. The molecule has 0 aliphatic heterocycles. The van der Waals surface area contributed by atoms with Crippen LogP contribution in [-0.4, -0.2) is 30.6 Å². The van der Waals surface area contributed by atoms with Crippen molar-refractivity contribution in [2.45, 2.75) is 0 Å². The summed E-state index contributed by atoms with van der Waals surface area (Å²) in [6.45, 7) is 0. The molecule has 0 unspecified atom stereocenters. The maximum atomic E-state index is 5.11. The van der Waals surface area contributed by atoms with Crippen molar-refractivity contribution in [1.29, 1.82) is 0 Å². The lowest BCUT2D eigenvalue weighted by Gasteiger charge is -2.03. The van der Waals surface area contributed by atoms with Gasteiger partial charge in [0.2, 0.25) is 5.82 Å². The Morgan fingerprint density at radius 3 is 2.75 bits per heavy atom. The summed E-state index contributed by atoms with van der Waals surface area (Å²) >= 11 is 0. The van der Waals surface area contributed by atoms with Crippen molar-refractivity contribution >= 4 is 12.4 Å². The van der Waals surface area contributed by atoms with Gasteiger partial charge in [0, 0.05) is 19.7 Å². The van der Waals surface area contributed by atoms with Crippen molar-refractivity contribution in [2.75, 3.05) is 19.0 Å². The van der Waals surface area contributed by atoms with Crippen LogP contribution < -0.4 is 4.90 Å². The average molecular weight is 216 g/mol. The number of nitrogens with zero attached hydrogens (tertiary/aromatic N) is 4. The standard InChI is InChI=1S/C11H12N4O/c1-12-8-15(2)11-13-10(14-16-11)9-6-4-3-5-7-9/h3-8H,1-2H3. The van der Waals surface area contributed by atoms with Gasteiger partial charge in [0.1, 0.15) is 0 Å². The van der Waals surface area contributed by atoms with E-state index in [1.807, 2.05) is 30.3 Å². The summed E-state index contributed by atoms with van der Waals surface area (Å²) in [5.74, 6) is 0.576. The first-order valence-corrected chi connectivity index (χ1v) is 4.85. The SMILES string of the molecule is CN=CN(C)c1nc(-c2ccccc2)no1. The normalized spacial score (nSPS) is 10.9. The molecular weight excluding hydrogens is 204 g/mol. The molecule has 16 heavy (non-hydrogen) atoms. The minimum Gasteiger partial charge on any atom is -0.314 e. The lowest BCUT2D eigenvalue weighted by atomic mass is 10.2. The number of aromatic nitrogens is 2. The molecule has 0 saturated carbocycles. The third-order valence-electron chi connectivity index (χ3n) is 2.04. The third kappa shape index (κ3) is 2.08. The zero-order chi connectivity index (χ0) is 11.4. The van der Waals surface area contributed by atoms with Crippen LogP contribution in [-0.2, 0) is 0 Å². The molecule has 0 atom stereocenters. The lowest BCUT2D eigenvalue weighted by molar-refractivity contribution is 0.427. The van der Waals surface area contributed by atoms with Gasteiger partial charge in [-0.1, -0.05) is 35.5 Å². The summed E-state index contributed by atoms with van der Waals surface area (Å²) in [4.78, 5) is 9.79. The van der Waals surface area contributed by atoms with Gasteiger partial charge in [0.15, 0.2) is 0 Å². The van der Waals surface area contributed by atoms with Crippen LogP contribution in [0.4, 0.5) is 6.01 Å². The van der Waals surface area contributed by atoms with E-state index in [1.165, 1.54) is 0 Å². The highest BCUT2D eigenvalue weighted by molar-refractivity contribution is 5.74. The summed E-state index contributed by atoms with van der Waals surface area (Å²) in [6.07, 6.45) is 1.61. The largest absolute Gasteiger partial charge is 0.329 e. The minimum absolute atomic E-state index is 0.421. The Morgan fingerprint density at radius 1 is 1.31 bits per heavy atom. The summed E-state index contributed by atoms with van der Waals surface area (Å²) in [6, 6.07) is 10.1. The maximum Gasteiger partial charge on any atom is 0.329 e. The van der Waals surface area contributed by atoms with Crippen LogP contribution in [0.25, 0.3) is 11.4 Å². The first-order valence-electron chi connectivity index (χ1n) is 4.85. The molecule has 5 heteroatoms. The first kappa shape index (κ1) is 10.4. The minimum atomic E-state index is 0.421. The predicted octanol–water partition coefficient (Wildman–Crippen LogP) is 1.83. The van der Waals surface area contributed by atoms with Crippen LogP contribution >= 0.6 is 0 Å². The van der Waals surface area contributed by atoms with Crippen LogP contribution in [0.3, 0.4) is 0 Å². The van der Waals surface area contributed by atoms with E-state index in [1.54, 1.807) is 25.3 Å². The van der Waals surface area contributed by atoms with Crippen molar-refractivity contribution in [3.8, 4) is 11.4 Å². The molecule has 0 N–H and O–H groups in total. The molecule has 0 aliphatic rings. The van der Waals surface area contributed by atoms with Crippen LogP contribution in [0.15, 0.2) is 39.8 Å². The van der Waals surface area contributed by atoms with Gasteiger partial charge in [-0.15, -0.1) is 0 Å². The molecule has 0 spiro atoms. The average Bonchev–Trinajstić information content (AvgIpc) is 2.80. The highest BCUT2D eigenvalue weighted by atomic mass is 16.5. The monoisotopic (exact) mass is 216 g/mol. The van der Waals surface area contributed by atoms with E-state index >= 15 is 0 Å². The fourth-order valence-corrected chi connectivity index (χ4v) is 1.29. The topological polar surface area (TPSA) is 54.5 Å². The van der Waals surface area contributed by atoms with E-state index in [9.17, 15) is 0 Å². The van der Waals surface area contributed by atoms with E-state index < -0.39 is 0 Å². The molecule has 2 rings (SSSR count). The molecule has 2 aromatic rings. The van der Waals surface area contributed by atoms with E-state index in [0.717, 1.165) is 5.56 Å². The Hall–Kier alpha value is -2.17. The number of rotatable bonds is 3. The molecule has 0 amide bonds. The Balaban J connectivity index is 2.26. The summed E-state index contributed by atoms with van der Waals surface area (Å²) < 4.78 is 5.11. The smallest absolute Gasteiger partial charge is 0.314 e. The van der Waals surface area contributed by atoms with Gasteiger partial charge in [-0.3, -0.25) is 9.89 Å². The van der Waals surface area contributed by atoms with Crippen molar-refractivity contribution in [1.82, 2.24) is 10.1 Å². The second kappa shape index (κ2) is 4.57. The van der Waals surface area contributed by atoms with Crippen molar-refractivity contribution in [2.24, 2.45) is 4.99 Å². The number of hydrogen-bond donors (Lipinski definition) is 0. The molecule has 0 fully saturated rings. The number of aliphatic imine (C=N–C) groups is 1. The lowest BCUT2D eigenvalue weighted by Crippen LogP contribution is -2.14. The zero-order valence-electron chi connectivity index (χ0n) is 9.16. The first-order chi connectivity index (χ1) is 7.81. The molecule has 1 aromatic carbocycles. The van der Waals surface area contributed by atoms with Gasteiger partial charge in [0.05, 0.1) is 6.34 Å². The summed E-state index contributed by atoms with van der Waals surface area (Å²) in [5.41, 5.74) is 0.930. The predicted molar refractivity (Wildman–Crippen MR) is 62.6 cm³/mol. The van der Waals surface area contributed by atoms with Crippen LogP contribution in [0, 0.1) is 0 Å². The van der Waals surface area contributed by atoms with Gasteiger partial charge >= 0.3 is 6.01 Å². The maximum absolute atomic E-state index is 5.11. The highest BCUT2D eigenvalue weighted by Gasteiger charge is 2.10. The van der Waals surface area contributed by atoms with Gasteiger partial charge in [-0.05, 0) is 0 Å². The molecule has 1 heterocycles. The van der Waals surface area contributed by atoms with Crippen LogP contribution in [0.1, 0.15) is 0 Å². The molecule has 0 saturated heterocycles. The van der Waals surface area contributed by atoms with Crippen LogP contribution in [0.5, 0.6) is 0 Å². The highest BCUT2D eigenvalue weighted by Crippen LogP contribution is 2.17. The fraction of sp³-hybridized carbons (Fsp3) is 0.182. The molecule has 1 aromatic heterocycles. The number of anilines is 1. The van der Waals surface area contributed by atoms with Gasteiger partial charge in [-0.2, -0.15) is 4.98 Å². The fourth-order valence-electron chi connectivity index (χ4n) is 1.29. The quantitative estimate of drug-likeness (QED) is 0.580. The zero-order valence-corrected chi connectivity index (χ0v) is 9.16. The van der Waals surface area contributed by atoms with Gasteiger partial charge in [0.25, 0.3) is 0 Å². The molecule has 82 valence electrons. The molecule has 0 aliphatic carbocycles. The Labute approximate surface area is 93.4 Å². The van der Waals surface area contributed by atoms with Crippen molar-refractivity contribution < 1.29 is 4.52 Å². The van der Waals surface area contributed by atoms with Crippen molar-refractivity contribution in [3.63, 3.8) is 0 Å². The molecule has 0 radical (unpaired) electrons. The third-order valence-corrected chi connectivity index (χ3v) is 2.04. The second-order valence-electron chi connectivity index (χ2n) is 3.25. The molecule has 5 nitrogen and oxygen atoms in total. The summed E-state index contributed by atoms with van der Waals surface area (Å²) in [5, 5.41) is 3.90. The van der Waals surface area contributed by atoms with E-state index in [2.05, 4.69) is 15.1 Å². The van der Waals surface area contributed by atoms with Crippen molar-refractivity contribution in [3.05, 3.63) is 30.3 Å². The Kier molecular flexibility index (Phi) is 2.95. The Bertz CT molecular complexity index is 478. The van der Waals surface area contributed by atoms with E-state index in [4.69, 9.17) is 4.52 Å².